The third-order valence-corrected chi connectivity index (χ3v) is 4.37. The van der Waals surface area contributed by atoms with Crippen LogP contribution in [-0.4, -0.2) is 15.7 Å². The standard InChI is InChI=1S/C23H20N4O2S/c1-17-8-7-12-20(16-17)24-23(30)26-25-21(18-9-3-2-4-10-18)15-14-19-11-5-6-13-22(19)27(28)29/h2-16H,1H3,(H2,24,26,30)/b15-14+,25-21+. The van der Waals surface area contributed by atoms with Gasteiger partial charge in [-0.05, 0) is 55.1 Å². The minimum atomic E-state index is -0.405. The Balaban J connectivity index is 1.83. The molecule has 2 N–H and O–H groups in total. The summed E-state index contributed by atoms with van der Waals surface area (Å²) in [6.07, 6.45) is 3.39. The van der Waals surface area contributed by atoms with Crippen LogP contribution in [0.3, 0.4) is 0 Å². The molecule has 0 radical (unpaired) electrons. The number of nitrogens with zero attached hydrogens (tertiary/aromatic N) is 2. The molecule has 0 bridgehead atoms. The summed E-state index contributed by atoms with van der Waals surface area (Å²) in [5, 5.41) is 19.1. The van der Waals surface area contributed by atoms with Gasteiger partial charge in [0.25, 0.3) is 5.69 Å². The maximum absolute atomic E-state index is 11.3. The summed E-state index contributed by atoms with van der Waals surface area (Å²) in [6, 6.07) is 23.9. The van der Waals surface area contributed by atoms with Crippen LogP contribution in [0.1, 0.15) is 16.7 Å². The van der Waals surface area contributed by atoms with Gasteiger partial charge >= 0.3 is 0 Å². The van der Waals surface area contributed by atoms with Gasteiger partial charge in [0.15, 0.2) is 5.11 Å². The predicted molar refractivity (Wildman–Crippen MR) is 126 cm³/mol. The first kappa shape index (κ1) is 20.9. The van der Waals surface area contributed by atoms with Crippen LogP contribution in [-0.2, 0) is 0 Å². The van der Waals surface area contributed by atoms with Crippen molar-refractivity contribution in [1.29, 1.82) is 0 Å². The van der Waals surface area contributed by atoms with Crippen molar-refractivity contribution < 1.29 is 4.92 Å². The Morgan fingerprint density at radius 2 is 1.77 bits per heavy atom. The van der Waals surface area contributed by atoms with Crippen molar-refractivity contribution in [3.05, 3.63) is 112 Å². The third-order valence-electron chi connectivity index (χ3n) is 4.18. The smallest absolute Gasteiger partial charge is 0.276 e. The lowest BCUT2D eigenvalue weighted by molar-refractivity contribution is -0.385. The Kier molecular flexibility index (Phi) is 7.02. The molecule has 3 aromatic rings. The summed E-state index contributed by atoms with van der Waals surface area (Å²) < 4.78 is 0. The van der Waals surface area contributed by atoms with E-state index in [1.807, 2.05) is 61.5 Å². The van der Waals surface area contributed by atoms with Gasteiger partial charge in [0.2, 0.25) is 0 Å². The largest absolute Gasteiger partial charge is 0.331 e. The molecule has 3 rings (SSSR count). The average Bonchev–Trinajstić information content (AvgIpc) is 2.74. The van der Waals surface area contributed by atoms with Gasteiger partial charge in [0.1, 0.15) is 0 Å². The molecule has 0 aliphatic carbocycles. The number of hydrogen-bond acceptors (Lipinski definition) is 4. The van der Waals surface area contributed by atoms with Crippen LogP contribution in [0.4, 0.5) is 11.4 Å². The molecular formula is C23H20N4O2S. The molecule has 30 heavy (non-hydrogen) atoms. The van der Waals surface area contributed by atoms with Crippen LogP contribution in [0.2, 0.25) is 0 Å². The van der Waals surface area contributed by atoms with Crippen molar-refractivity contribution in [3.8, 4) is 0 Å². The number of benzene rings is 3. The van der Waals surface area contributed by atoms with Gasteiger partial charge in [-0.25, -0.2) is 0 Å². The maximum Gasteiger partial charge on any atom is 0.276 e. The van der Waals surface area contributed by atoms with E-state index in [0.29, 0.717) is 16.4 Å². The van der Waals surface area contributed by atoms with Crippen molar-refractivity contribution in [2.45, 2.75) is 6.92 Å². The first-order valence-corrected chi connectivity index (χ1v) is 9.62. The summed E-state index contributed by atoms with van der Waals surface area (Å²) in [5.74, 6) is 0. The molecule has 0 atom stereocenters. The predicted octanol–water partition coefficient (Wildman–Crippen LogP) is 5.31. The highest BCUT2D eigenvalue weighted by molar-refractivity contribution is 7.80. The molecule has 0 saturated carbocycles. The minimum absolute atomic E-state index is 0.0331. The number of nitro groups is 1. The summed E-state index contributed by atoms with van der Waals surface area (Å²) in [7, 11) is 0. The fourth-order valence-electron chi connectivity index (χ4n) is 2.76. The number of rotatable bonds is 6. The molecule has 0 spiro atoms. The molecule has 6 nitrogen and oxygen atoms in total. The Hall–Kier alpha value is -3.84. The number of hydrazone groups is 1. The number of hydrogen-bond donors (Lipinski definition) is 2. The molecule has 0 fully saturated rings. The molecule has 0 unspecified atom stereocenters. The quantitative estimate of drug-likeness (QED) is 0.246. The minimum Gasteiger partial charge on any atom is -0.331 e. The highest BCUT2D eigenvalue weighted by Crippen LogP contribution is 2.19. The Morgan fingerprint density at radius 1 is 1.03 bits per heavy atom. The topological polar surface area (TPSA) is 79.6 Å². The molecule has 3 aromatic carbocycles. The van der Waals surface area contributed by atoms with Crippen LogP contribution in [0.5, 0.6) is 0 Å². The first-order chi connectivity index (χ1) is 14.5. The molecule has 0 amide bonds. The number of anilines is 1. The zero-order valence-corrected chi connectivity index (χ0v) is 17.1. The normalized spacial score (nSPS) is 11.3. The lowest BCUT2D eigenvalue weighted by Gasteiger charge is -2.09. The van der Waals surface area contributed by atoms with Gasteiger partial charge in [-0.1, -0.05) is 54.6 Å². The van der Waals surface area contributed by atoms with Crippen LogP contribution >= 0.6 is 12.2 Å². The van der Waals surface area contributed by atoms with Crippen molar-refractivity contribution in [3.63, 3.8) is 0 Å². The van der Waals surface area contributed by atoms with Crippen LogP contribution in [0.25, 0.3) is 6.08 Å². The number of aryl methyl sites for hydroxylation is 1. The number of nitro benzene ring substituents is 1. The van der Waals surface area contributed by atoms with E-state index in [-0.39, 0.29) is 5.69 Å². The van der Waals surface area contributed by atoms with Gasteiger partial charge < -0.3 is 5.32 Å². The summed E-state index contributed by atoms with van der Waals surface area (Å²) in [4.78, 5) is 10.8. The molecule has 150 valence electrons. The number of thiocarbonyl (C=S) groups is 1. The molecule has 0 aliphatic heterocycles. The van der Waals surface area contributed by atoms with E-state index in [4.69, 9.17) is 12.2 Å². The number of nitrogens with one attached hydrogen (secondary N) is 2. The zero-order chi connectivity index (χ0) is 21.3. The van der Waals surface area contributed by atoms with E-state index in [1.165, 1.54) is 6.07 Å². The third kappa shape index (κ3) is 5.83. The fourth-order valence-corrected chi connectivity index (χ4v) is 2.93. The van der Waals surface area contributed by atoms with E-state index < -0.39 is 4.92 Å². The van der Waals surface area contributed by atoms with Crippen molar-refractivity contribution >= 4 is 40.5 Å². The van der Waals surface area contributed by atoms with Gasteiger partial charge in [0.05, 0.1) is 16.2 Å². The zero-order valence-electron chi connectivity index (χ0n) is 16.3. The Morgan fingerprint density at radius 3 is 2.50 bits per heavy atom. The van der Waals surface area contributed by atoms with Crippen molar-refractivity contribution in [2.75, 3.05) is 5.32 Å². The molecule has 7 heteroatoms. The summed E-state index contributed by atoms with van der Waals surface area (Å²) in [6.45, 7) is 2.00. The highest BCUT2D eigenvalue weighted by atomic mass is 32.1. The summed E-state index contributed by atoms with van der Waals surface area (Å²) >= 11 is 5.34. The number of allylic oxidation sites excluding steroid dienone is 1. The maximum atomic E-state index is 11.3. The van der Waals surface area contributed by atoms with E-state index in [9.17, 15) is 10.1 Å². The van der Waals surface area contributed by atoms with Gasteiger partial charge in [-0.2, -0.15) is 5.10 Å². The van der Waals surface area contributed by atoms with E-state index >= 15 is 0 Å². The summed E-state index contributed by atoms with van der Waals surface area (Å²) in [5.41, 5.74) is 6.78. The molecule has 0 aromatic heterocycles. The molecular weight excluding hydrogens is 396 g/mol. The fraction of sp³-hybridized carbons (Fsp3) is 0.0435. The lowest BCUT2D eigenvalue weighted by atomic mass is 10.1. The van der Waals surface area contributed by atoms with Crippen LogP contribution in [0.15, 0.2) is 90.0 Å². The van der Waals surface area contributed by atoms with Gasteiger partial charge in [-0.15, -0.1) is 0 Å². The second kappa shape index (κ2) is 10.1. The van der Waals surface area contributed by atoms with Crippen LogP contribution < -0.4 is 10.7 Å². The van der Waals surface area contributed by atoms with Gasteiger partial charge in [-0.3, -0.25) is 15.5 Å². The lowest BCUT2D eigenvalue weighted by Crippen LogP contribution is -2.25. The van der Waals surface area contributed by atoms with E-state index in [2.05, 4.69) is 15.8 Å². The van der Waals surface area contributed by atoms with Crippen molar-refractivity contribution in [2.24, 2.45) is 5.10 Å². The second-order valence-electron chi connectivity index (χ2n) is 6.45. The Labute approximate surface area is 180 Å². The highest BCUT2D eigenvalue weighted by Gasteiger charge is 2.10. The van der Waals surface area contributed by atoms with Crippen LogP contribution in [0, 0.1) is 17.0 Å². The van der Waals surface area contributed by atoms with E-state index in [1.54, 1.807) is 30.4 Å². The molecule has 0 heterocycles. The van der Waals surface area contributed by atoms with Gasteiger partial charge in [0, 0.05) is 17.3 Å². The SMILES string of the molecule is Cc1cccc(NC(=S)N/N=C(\C=C\c2ccccc2[N+](=O)[O-])c2ccccc2)c1. The second-order valence-corrected chi connectivity index (χ2v) is 6.86. The van der Waals surface area contributed by atoms with E-state index in [0.717, 1.165) is 16.8 Å². The van der Waals surface area contributed by atoms with Crippen molar-refractivity contribution in [1.82, 2.24) is 5.43 Å². The molecule has 0 saturated heterocycles. The first-order valence-electron chi connectivity index (χ1n) is 9.21. The number of para-hydroxylation sites is 1. The average molecular weight is 417 g/mol. The Bertz CT molecular complexity index is 1110. The molecule has 0 aliphatic rings. The monoisotopic (exact) mass is 416 g/mol.